The molecule has 0 radical (unpaired) electrons. The SMILES string of the molecule is CCC(C)C.CCC1CCN(Cc2ccc(C(F)(F)F)cc2)CC1.FC(F)(F)c1ccccc1.O=CO. The molecule has 3 nitrogen and oxygen atoms in total. The first kappa shape index (κ1) is 34.5. The van der Waals surface area contributed by atoms with Gasteiger partial charge in [0.25, 0.3) is 6.47 Å². The lowest BCUT2D eigenvalue weighted by Gasteiger charge is -2.31. The minimum Gasteiger partial charge on any atom is -0.483 e. The first-order chi connectivity index (χ1) is 17.3. The number of hydrogen-bond acceptors (Lipinski definition) is 2. The molecule has 2 aromatic carbocycles. The molecule has 1 heterocycles. The van der Waals surface area contributed by atoms with E-state index >= 15 is 0 Å². The zero-order valence-electron chi connectivity index (χ0n) is 21.9. The molecule has 0 bridgehead atoms. The van der Waals surface area contributed by atoms with E-state index in [1.54, 1.807) is 18.2 Å². The molecule has 210 valence electrons. The number of piperidine rings is 1. The van der Waals surface area contributed by atoms with Crippen molar-refractivity contribution in [3.63, 3.8) is 0 Å². The number of alkyl halides is 6. The van der Waals surface area contributed by atoms with Gasteiger partial charge in [0, 0.05) is 6.54 Å². The average Bonchev–Trinajstić information content (AvgIpc) is 2.85. The fourth-order valence-electron chi connectivity index (χ4n) is 3.24. The second-order valence-corrected chi connectivity index (χ2v) is 9.09. The molecule has 0 atom stereocenters. The number of halogens is 6. The summed E-state index contributed by atoms with van der Waals surface area (Å²) in [7, 11) is 0. The second-order valence-electron chi connectivity index (χ2n) is 9.09. The fourth-order valence-corrected chi connectivity index (χ4v) is 3.24. The normalized spacial score (nSPS) is 14.4. The lowest BCUT2D eigenvalue weighted by molar-refractivity contribution is -0.138. The van der Waals surface area contributed by atoms with Gasteiger partial charge in [-0.25, -0.2) is 0 Å². The van der Waals surface area contributed by atoms with Crippen molar-refractivity contribution in [2.75, 3.05) is 13.1 Å². The molecule has 2 aromatic rings. The Morgan fingerprint density at radius 1 is 0.865 bits per heavy atom. The molecule has 1 saturated heterocycles. The maximum Gasteiger partial charge on any atom is 0.416 e. The highest BCUT2D eigenvalue weighted by Crippen LogP contribution is 2.30. The van der Waals surface area contributed by atoms with Crippen molar-refractivity contribution < 1.29 is 36.2 Å². The highest BCUT2D eigenvalue weighted by Gasteiger charge is 2.30. The third-order valence-electron chi connectivity index (χ3n) is 5.89. The van der Waals surface area contributed by atoms with Gasteiger partial charge < -0.3 is 5.11 Å². The molecule has 0 amide bonds. The standard InChI is InChI=1S/C15H20F3N.C7H5F3.C5H12.CH2O2/c1-2-12-7-9-19(10-8-12)11-13-3-5-14(6-4-13)15(16,17)18;8-7(9,10)6-4-2-1-3-5-6;1-4-5(2)3;2-1-3/h3-6,12H,2,7-11H2,1H3;1-5H;5H,4H2,1-3H3;1H,(H,2,3). The van der Waals surface area contributed by atoms with E-state index < -0.39 is 23.5 Å². The Hall–Kier alpha value is -2.55. The number of rotatable bonds is 4. The second kappa shape index (κ2) is 17.8. The maximum absolute atomic E-state index is 12.4. The number of hydrogen-bond donors (Lipinski definition) is 1. The Kier molecular flexibility index (Phi) is 16.6. The smallest absolute Gasteiger partial charge is 0.416 e. The van der Waals surface area contributed by atoms with Crippen LogP contribution in [0.5, 0.6) is 0 Å². The molecule has 1 aliphatic heterocycles. The number of likely N-dealkylation sites (tertiary alicyclic amines) is 1. The molecular formula is C28H39F6NO2. The van der Waals surface area contributed by atoms with Gasteiger partial charge >= 0.3 is 12.4 Å². The van der Waals surface area contributed by atoms with Crippen LogP contribution in [0.2, 0.25) is 0 Å². The quantitative estimate of drug-likeness (QED) is 0.314. The first-order valence-corrected chi connectivity index (χ1v) is 12.4. The molecule has 0 unspecified atom stereocenters. The number of nitrogens with zero attached hydrogens (tertiary/aromatic N) is 1. The van der Waals surface area contributed by atoms with Crippen molar-refractivity contribution in [3.05, 3.63) is 71.3 Å². The van der Waals surface area contributed by atoms with Gasteiger partial charge in [-0.3, -0.25) is 9.69 Å². The van der Waals surface area contributed by atoms with E-state index in [4.69, 9.17) is 9.90 Å². The van der Waals surface area contributed by atoms with Crippen molar-refractivity contribution in [1.82, 2.24) is 4.90 Å². The summed E-state index contributed by atoms with van der Waals surface area (Å²) in [4.78, 5) is 10.7. The maximum atomic E-state index is 12.4. The van der Waals surface area contributed by atoms with Crippen LogP contribution in [0.1, 0.15) is 70.1 Å². The highest BCUT2D eigenvalue weighted by molar-refractivity contribution is 5.32. The van der Waals surface area contributed by atoms with E-state index in [-0.39, 0.29) is 6.47 Å². The Morgan fingerprint density at radius 3 is 1.59 bits per heavy atom. The predicted molar refractivity (Wildman–Crippen MR) is 135 cm³/mol. The van der Waals surface area contributed by atoms with Crippen LogP contribution >= 0.6 is 0 Å². The lowest BCUT2D eigenvalue weighted by Crippen LogP contribution is -2.33. The van der Waals surface area contributed by atoms with E-state index in [0.29, 0.717) is 0 Å². The Morgan fingerprint density at radius 2 is 1.27 bits per heavy atom. The monoisotopic (exact) mass is 535 g/mol. The summed E-state index contributed by atoms with van der Waals surface area (Å²) in [6, 6.07) is 11.9. The van der Waals surface area contributed by atoms with Crippen LogP contribution in [-0.4, -0.2) is 29.6 Å². The van der Waals surface area contributed by atoms with Crippen molar-refractivity contribution in [1.29, 1.82) is 0 Å². The molecule has 0 aromatic heterocycles. The van der Waals surface area contributed by atoms with Gasteiger partial charge in [0.1, 0.15) is 0 Å². The van der Waals surface area contributed by atoms with Crippen molar-refractivity contribution in [2.24, 2.45) is 11.8 Å². The Labute approximate surface area is 216 Å². The van der Waals surface area contributed by atoms with Gasteiger partial charge in [0.2, 0.25) is 0 Å². The van der Waals surface area contributed by atoms with Gasteiger partial charge in [-0.1, -0.05) is 83.0 Å². The molecular weight excluding hydrogens is 496 g/mol. The van der Waals surface area contributed by atoms with Crippen LogP contribution in [0.4, 0.5) is 26.3 Å². The largest absolute Gasteiger partial charge is 0.483 e. The van der Waals surface area contributed by atoms with Crippen molar-refractivity contribution >= 4 is 6.47 Å². The summed E-state index contributed by atoms with van der Waals surface area (Å²) in [5, 5.41) is 6.89. The van der Waals surface area contributed by atoms with Crippen LogP contribution in [0.3, 0.4) is 0 Å². The Bertz CT molecular complexity index is 828. The van der Waals surface area contributed by atoms with Crippen LogP contribution in [-0.2, 0) is 23.7 Å². The zero-order chi connectivity index (χ0) is 28.5. The minimum atomic E-state index is -4.24. The predicted octanol–water partition coefficient (Wildman–Crippen LogP) is 8.79. The molecule has 1 N–H and O–H groups in total. The molecule has 1 fully saturated rings. The van der Waals surface area contributed by atoms with E-state index in [2.05, 4.69) is 32.6 Å². The average molecular weight is 536 g/mol. The third kappa shape index (κ3) is 16.0. The van der Waals surface area contributed by atoms with Gasteiger partial charge in [-0.15, -0.1) is 0 Å². The summed E-state index contributed by atoms with van der Waals surface area (Å²) < 4.78 is 72.7. The minimum absolute atomic E-state index is 0.250. The highest BCUT2D eigenvalue weighted by atomic mass is 19.4. The number of benzene rings is 2. The third-order valence-corrected chi connectivity index (χ3v) is 5.89. The van der Waals surface area contributed by atoms with E-state index in [0.717, 1.165) is 49.2 Å². The van der Waals surface area contributed by atoms with Gasteiger partial charge in [0.05, 0.1) is 11.1 Å². The van der Waals surface area contributed by atoms with Crippen molar-refractivity contribution in [2.45, 2.75) is 72.3 Å². The van der Waals surface area contributed by atoms with Crippen molar-refractivity contribution in [3.8, 4) is 0 Å². The Balaban J connectivity index is 0.000000600. The topological polar surface area (TPSA) is 40.5 Å². The molecule has 37 heavy (non-hydrogen) atoms. The van der Waals surface area contributed by atoms with Crippen LogP contribution < -0.4 is 0 Å². The molecule has 0 saturated carbocycles. The summed E-state index contributed by atoms with van der Waals surface area (Å²) >= 11 is 0. The summed E-state index contributed by atoms with van der Waals surface area (Å²) in [6.07, 6.45) is -3.50. The number of carbonyl (C=O) groups is 1. The lowest BCUT2D eigenvalue weighted by atomic mass is 9.94. The summed E-state index contributed by atoms with van der Waals surface area (Å²) in [6.45, 7) is 11.5. The zero-order valence-corrected chi connectivity index (χ0v) is 21.9. The molecule has 9 heteroatoms. The first-order valence-electron chi connectivity index (χ1n) is 12.4. The molecule has 3 rings (SSSR count). The van der Waals surface area contributed by atoms with Crippen LogP contribution in [0.25, 0.3) is 0 Å². The van der Waals surface area contributed by atoms with E-state index in [9.17, 15) is 26.3 Å². The fraction of sp³-hybridized carbons (Fsp3) is 0.536. The molecule has 0 spiro atoms. The number of carboxylic acid groups (broad SMARTS) is 1. The molecule has 0 aliphatic carbocycles. The van der Waals surface area contributed by atoms with Crippen LogP contribution in [0.15, 0.2) is 54.6 Å². The van der Waals surface area contributed by atoms with E-state index in [1.807, 2.05) is 0 Å². The molecule has 1 aliphatic rings. The van der Waals surface area contributed by atoms with Gasteiger partial charge in [-0.05, 0) is 55.5 Å². The van der Waals surface area contributed by atoms with Crippen LogP contribution in [0, 0.1) is 11.8 Å². The van der Waals surface area contributed by atoms with E-state index in [1.165, 1.54) is 49.9 Å². The summed E-state index contributed by atoms with van der Waals surface area (Å²) in [5.74, 6) is 1.71. The van der Waals surface area contributed by atoms with Gasteiger partial charge in [0.15, 0.2) is 0 Å². The summed E-state index contributed by atoms with van der Waals surface area (Å²) in [5.41, 5.74) is -0.209. The van der Waals surface area contributed by atoms with Gasteiger partial charge in [-0.2, -0.15) is 26.3 Å².